The van der Waals surface area contributed by atoms with Crippen molar-refractivity contribution in [2.45, 2.75) is 13.5 Å². The van der Waals surface area contributed by atoms with Crippen LogP contribution in [0.5, 0.6) is 0 Å². The van der Waals surface area contributed by atoms with Gasteiger partial charge in [0, 0.05) is 11.6 Å². The van der Waals surface area contributed by atoms with Crippen molar-refractivity contribution in [3.63, 3.8) is 0 Å². The summed E-state index contributed by atoms with van der Waals surface area (Å²) < 4.78 is 0. The summed E-state index contributed by atoms with van der Waals surface area (Å²) in [6, 6.07) is 7.15. The monoisotopic (exact) mass is 312 g/mol. The highest BCUT2D eigenvalue weighted by molar-refractivity contribution is 6.30. The third kappa shape index (κ3) is 3.34. The van der Waals surface area contributed by atoms with E-state index < -0.39 is 4.92 Å². The zero-order valence-corrected chi connectivity index (χ0v) is 11.9. The highest BCUT2D eigenvalue weighted by Gasteiger charge is 2.21. The topological polar surface area (TPSA) is 81.0 Å². The lowest BCUT2D eigenvalue weighted by molar-refractivity contribution is -0.385. The van der Waals surface area contributed by atoms with Crippen LogP contribution in [0.4, 0.5) is 11.5 Å². The van der Waals surface area contributed by atoms with Crippen molar-refractivity contribution in [3.8, 4) is 0 Å². The first-order valence-corrected chi connectivity index (χ1v) is 6.40. The second-order valence-electron chi connectivity index (χ2n) is 4.02. The minimum atomic E-state index is -0.536. The Morgan fingerprint density at radius 3 is 2.75 bits per heavy atom. The summed E-state index contributed by atoms with van der Waals surface area (Å²) in [5.74, 6) is 0.0903. The second-order valence-corrected chi connectivity index (χ2v) is 4.79. The Labute approximate surface area is 124 Å². The molecule has 0 saturated heterocycles. The number of halogens is 2. The molecule has 0 atom stereocenters. The van der Waals surface area contributed by atoms with Crippen LogP contribution in [-0.2, 0) is 6.54 Å². The standard InChI is InChI=1S/C12H10Cl2N4O2/c1-7-10(18(19)20)11(17-12(14)16-7)15-6-8-3-2-4-9(13)5-8/h2-5H,6H2,1H3,(H,15,16,17). The van der Waals surface area contributed by atoms with E-state index in [0.717, 1.165) is 5.56 Å². The average Bonchev–Trinajstić information content (AvgIpc) is 2.35. The zero-order valence-electron chi connectivity index (χ0n) is 10.4. The maximum atomic E-state index is 11.0. The number of aryl methyl sites for hydroxylation is 1. The second kappa shape index (κ2) is 6.02. The number of rotatable bonds is 4. The first-order chi connectivity index (χ1) is 9.47. The van der Waals surface area contributed by atoms with Gasteiger partial charge in [-0.25, -0.2) is 4.98 Å². The Hall–Kier alpha value is -1.92. The van der Waals surface area contributed by atoms with E-state index in [2.05, 4.69) is 15.3 Å². The Bertz CT molecular complexity index is 664. The van der Waals surface area contributed by atoms with Gasteiger partial charge in [-0.1, -0.05) is 23.7 Å². The number of nitro groups is 1. The molecule has 1 heterocycles. The van der Waals surface area contributed by atoms with Gasteiger partial charge in [0.1, 0.15) is 5.69 Å². The van der Waals surface area contributed by atoms with E-state index in [1.54, 1.807) is 18.2 Å². The fourth-order valence-electron chi connectivity index (χ4n) is 1.71. The number of benzene rings is 1. The van der Waals surface area contributed by atoms with Gasteiger partial charge in [0.25, 0.3) is 0 Å². The van der Waals surface area contributed by atoms with E-state index in [0.29, 0.717) is 11.6 Å². The van der Waals surface area contributed by atoms with Gasteiger partial charge in [0.15, 0.2) is 0 Å². The molecule has 0 unspecified atom stereocenters. The molecule has 0 aliphatic rings. The van der Waals surface area contributed by atoms with Gasteiger partial charge in [-0.05, 0) is 36.2 Å². The van der Waals surface area contributed by atoms with Gasteiger partial charge >= 0.3 is 5.69 Å². The van der Waals surface area contributed by atoms with Crippen LogP contribution < -0.4 is 5.32 Å². The molecule has 0 spiro atoms. The third-order valence-corrected chi connectivity index (χ3v) is 2.97. The normalized spacial score (nSPS) is 10.3. The Morgan fingerprint density at radius 2 is 2.10 bits per heavy atom. The minimum absolute atomic E-state index is 0.0401. The predicted molar refractivity (Wildman–Crippen MR) is 77.2 cm³/mol. The van der Waals surface area contributed by atoms with Crippen LogP contribution in [0.2, 0.25) is 10.3 Å². The van der Waals surface area contributed by atoms with Crippen LogP contribution >= 0.6 is 23.2 Å². The molecule has 0 fully saturated rings. The van der Waals surface area contributed by atoms with E-state index in [1.807, 2.05) is 6.07 Å². The van der Waals surface area contributed by atoms with Crippen molar-refractivity contribution in [2.75, 3.05) is 5.32 Å². The van der Waals surface area contributed by atoms with Crippen LogP contribution in [0.3, 0.4) is 0 Å². The average molecular weight is 313 g/mol. The molecule has 0 radical (unpaired) electrons. The lowest BCUT2D eigenvalue weighted by atomic mass is 10.2. The molecule has 0 bridgehead atoms. The molecule has 1 aromatic carbocycles. The van der Waals surface area contributed by atoms with Gasteiger partial charge in [0.2, 0.25) is 11.1 Å². The van der Waals surface area contributed by atoms with Crippen molar-refractivity contribution >= 4 is 34.7 Å². The minimum Gasteiger partial charge on any atom is -0.360 e. The van der Waals surface area contributed by atoms with Crippen LogP contribution in [0.1, 0.15) is 11.3 Å². The van der Waals surface area contributed by atoms with Crippen molar-refractivity contribution in [1.82, 2.24) is 9.97 Å². The molecule has 104 valence electrons. The summed E-state index contributed by atoms with van der Waals surface area (Å²) in [6.45, 7) is 1.85. The quantitative estimate of drug-likeness (QED) is 0.530. The molecule has 8 heteroatoms. The molecule has 2 aromatic rings. The summed E-state index contributed by atoms with van der Waals surface area (Å²) in [5.41, 5.74) is 0.902. The largest absolute Gasteiger partial charge is 0.360 e. The predicted octanol–water partition coefficient (Wildman–Crippen LogP) is 3.61. The van der Waals surface area contributed by atoms with Crippen LogP contribution in [-0.4, -0.2) is 14.9 Å². The smallest absolute Gasteiger partial charge is 0.332 e. The zero-order chi connectivity index (χ0) is 14.7. The van der Waals surface area contributed by atoms with E-state index >= 15 is 0 Å². The SMILES string of the molecule is Cc1nc(Cl)nc(NCc2cccc(Cl)c2)c1[N+](=O)[O-]. The Balaban J connectivity index is 2.27. The molecule has 2 rings (SSSR count). The van der Waals surface area contributed by atoms with E-state index in [4.69, 9.17) is 23.2 Å². The number of hydrogen-bond donors (Lipinski definition) is 1. The number of hydrogen-bond acceptors (Lipinski definition) is 5. The van der Waals surface area contributed by atoms with Gasteiger partial charge in [-0.2, -0.15) is 4.98 Å². The lowest BCUT2D eigenvalue weighted by Crippen LogP contribution is -2.07. The van der Waals surface area contributed by atoms with Gasteiger partial charge in [0.05, 0.1) is 4.92 Å². The van der Waals surface area contributed by atoms with Crippen molar-refractivity contribution in [1.29, 1.82) is 0 Å². The van der Waals surface area contributed by atoms with Gasteiger partial charge < -0.3 is 5.32 Å². The van der Waals surface area contributed by atoms with Crippen molar-refractivity contribution < 1.29 is 4.92 Å². The highest BCUT2D eigenvalue weighted by Crippen LogP contribution is 2.27. The molecule has 0 amide bonds. The first kappa shape index (κ1) is 14.5. The highest BCUT2D eigenvalue weighted by atomic mass is 35.5. The molecule has 0 saturated carbocycles. The summed E-state index contributed by atoms with van der Waals surface area (Å²) in [6.07, 6.45) is 0. The lowest BCUT2D eigenvalue weighted by Gasteiger charge is -2.08. The van der Waals surface area contributed by atoms with E-state index in [9.17, 15) is 10.1 Å². The number of anilines is 1. The summed E-state index contributed by atoms with van der Waals surface area (Å²) in [4.78, 5) is 18.1. The molecule has 6 nitrogen and oxygen atoms in total. The van der Waals surface area contributed by atoms with Crippen molar-refractivity contribution in [2.24, 2.45) is 0 Å². The third-order valence-electron chi connectivity index (χ3n) is 2.56. The number of aromatic nitrogens is 2. The van der Waals surface area contributed by atoms with E-state index in [1.165, 1.54) is 6.92 Å². The maximum absolute atomic E-state index is 11.0. The molecule has 1 aromatic heterocycles. The van der Waals surface area contributed by atoms with Gasteiger partial charge in [-0.3, -0.25) is 10.1 Å². The molecule has 1 N–H and O–H groups in total. The van der Waals surface area contributed by atoms with Crippen LogP contribution in [0.25, 0.3) is 0 Å². The fourth-order valence-corrected chi connectivity index (χ4v) is 2.13. The van der Waals surface area contributed by atoms with Crippen molar-refractivity contribution in [3.05, 3.63) is 55.9 Å². The summed E-state index contributed by atoms with van der Waals surface area (Å²) in [7, 11) is 0. The Kier molecular flexibility index (Phi) is 4.36. The maximum Gasteiger partial charge on any atom is 0.332 e. The molecule has 0 aliphatic carbocycles. The van der Waals surface area contributed by atoms with Crippen LogP contribution in [0.15, 0.2) is 24.3 Å². The molecule has 20 heavy (non-hydrogen) atoms. The fraction of sp³-hybridized carbons (Fsp3) is 0.167. The summed E-state index contributed by atoms with van der Waals surface area (Å²) >= 11 is 11.6. The molecular weight excluding hydrogens is 303 g/mol. The number of nitrogens with one attached hydrogen (secondary N) is 1. The van der Waals surface area contributed by atoms with Crippen LogP contribution in [0, 0.1) is 17.0 Å². The summed E-state index contributed by atoms with van der Waals surface area (Å²) in [5, 5.41) is 14.5. The van der Waals surface area contributed by atoms with Gasteiger partial charge in [-0.15, -0.1) is 0 Å². The number of nitrogens with zero attached hydrogens (tertiary/aromatic N) is 3. The molecule has 0 aliphatic heterocycles. The van der Waals surface area contributed by atoms with E-state index in [-0.39, 0.29) is 22.5 Å². The Morgan fingerprint density at radius 1 is 1.35 bits per heavy atom. The first-order valence-electron chi connectivity index (χ1n) is 5.64. The molecular formula is C12H10Cl2N4O2.